The molecule has 2 N–H and O–H groups in total. The maximum atomic E-state index is 13.0. The van der Waals surface area contributed by atoms with Crippen LogP contribution in [0.3, 0.4) is 0 Å². The van der Waals surface area contributed by atoms with E-state index < -0.39 is 11.6 Å². The van der Waals surface area contributed by atoms with Crippen molar-refractivity contribution in [3.8, 4) is 0 Å². The van der Waals surface area contributed by atoms with E-state index in [1.165, 1.54) is 16.0 Å². The predicted octanol–water partition coefficient (Wildman–Crippen LogP) is 2.05. The number of aliphatic hydroxyl groups excluding tert-OH is 1. The molecule has 6 nitrogen and oxygen atoms in total. The number of fused-ring (bicyclic) bond motifs is 1. The molecular formula is C21H29N3O3. The monoisotopic (exact) mass is 371 g/mol. The number of hydrogen-bond acceptors (Lipinski definition) is 4. The zero-order chi connectivity index (χ0) is 18.9. The van der Waals surface area contributed by atoms with Gasteiger partial charge in [0.05, 0.1) is 12.6 Å². The lowest BCUT2D eigenvalue weighted by atomic mass is 9.90. The summed E-state index contributed by atoms with van der Waals surface area (Å²) in [5.74, 6) is -0.141. The van der Waals surface area contributed by atoms with Crippen molar-refractivity contribution in [2.24, 2.45) is 0 Å². The Labute approximate surface area is 160 Å². The van der Waals surface area contributed by atoms with Crippen LogP contribution in [0.15, 0.2) is 24.3 Å². The van der Waals surface area contributed by atoms with Crippen LogP contribution >= 0.6 is 0 Å². The fourth-order valence-corrected chi connectivity index (χ4v) is 4.79. The smallest absolute Gasteiger partial charge is 0.325 e. The Morgan fingerprint density at radius 2 is 1.74 bits per heavy atom. The quantitative estimate of drug-likeness (QED) is 0.795. The highest BCUT2D eigenvalue weighted by Crippen LogP contribution is 2.32. The molecule has 1 saturated heterocycles. The van der Waals surface area contributed by atoms with Gasteiger partial charge in [-0.05, 0) is 30.4 Å². The Hall–Kier alpha value is -1.92. The molecule has 1 aromatic carbocycles. The minimum absolute atomic E-state index is 0.0740. The summed E-state index contributed by atoms with van der Waals surface area (Å²) in [6.45, 7) is 2.23. The maximum Gasteiger partial charge on any atom is 0.325 e. The van der Waals surface area contributed by atoms with Gasteiger partial charge >= 0.3 is 6.03 Å². The first-order valence-corrected chi connectivity index (χ1v) is 10.2. The minimum atomic E-state index is -0.731. The first-order chi connectivity index (χ1) is 13.1. The molecule has 2 heterocycles. The predicted molar refractivity (Wildman–Crippen MR) is 102 cm³/mol. The van der Waals surface area contributed by atoms with Crippen molar-refractivity contribution in [1.29, 1.82) is 0 Å². The number of benzene rings is 1. The molecule has 0 aromatic heterocycles. The summed E-state index contributed by atoms with van der Waals surface area (Å²) in [6, 6.07) is 8.04. The highest BCUT2D eigenvalue weighted by molar-refractivity contribution is 6.07. The second kappa shape index (κ2) is 7.60. The summed E-state index contributed by atoms with van der Waals surface area (Å²) in [4.78, 5) is 28.8. The van der Waals surface area contributed by atoms with Crippen molar-refractivity contribution < 1.29 is 14.7 Å². The molecule has 146 valence electrons. The molecule has 4 rings (SSSR count). The molecule has 1 atom stereocenters. The van der Waals surface area contributed by atoms with E-state index in [2.05, 4.69) is 28.4 Å². The van der Waals surface area contributed by atoms with E-state index in [-0.39, 0.29) is 18.5 Å². The summed E-state index contributed by atoms with van der Waals surface area (Å²) in [6.07, 6.45) is 5.83. The first kappa shape index (κ1) is 18.4. The van der Waals surface area contributed by atoms with Gasteiger partial charge in [0.2, 0.25) is 0 Å². The number of aliphatic hydroxyl groups is 1. The fraction of sp³-hybridized carbons (Fsp3) is 0.619. The SMILES string of the molecule is O=C1NC2(CCCCCC2)C(=O)N1C[C@@H](O)CN1CCc2ccccc2C1. The molecule has 1 aliphatic carbocycles. The molecule has 1 spiro atoms. The fourth-order valence-electron chi connectivity index (χ4n) is 4.79. The number of urea groups is 1. The van der Waals surface area contributed by atoms with E-state index in [0.717, 1.165) is 45.2 Å². The van der Waals surface area contributed by atoms with Crippen LogP contribution in [0, 0.1) is 0 Å². The van der Waals surface area contributed by atoms with E-state index >= 15 is 0 Å². The second-order valence-corrected chi connectivity index (χ2v) is 8.25. The number of amides is 3. The average Bonchev–Trinajstić information content (AvgIpc) is 2.83. The van der Waals surface area contributed by atoms with Crippen molar-refractivity contribution in [3.05, 3.63) is 35.4 Å². The zero-order valence-electron chi connectivity index (χ0n) is 15.8. The number of rotatable bonds is 4. The first-order valence-electron chi connectivity index (χ1n) is 10.2. The molecule has 1 saturated carbocycles. The summed E-state index contributed by atoms with van der Waals surface area (Å²) in [5, 5.41) is 13.5. The van der Waals surface area contributed by atoms with Gasteiger partial charge in [-0.25, -0.2) is 4.79 Å². The second-order valence-electron chi connectivity index (χ2n) is 8.25. The van der Waals surface area contributed by atoms with Crippen molar-refractivity contribution in [1.82, 2.24) is 15.1 Å². The Bertz CT molecular complexity index is 712. The van der Waals surface area contributed by atoms with Gasteiger partial charge in [-0.2, -0.15) is 0 Å². The molecular weight excluding hydrogens is 342 g/mol. The lowest BCUT2D eigenvalue weighted by molar-refractivity contribution is -0.132. The Balaban J connectivity index is 1.36. The van der Waals surface area contributed by atoms with Crippen LogP contribution in [0.5, 0.6) is 0 Å². The third-order valence-corrected chi connectivity index (χ3v) is 6.27. The average molecular weight is 371 g/mol. The molecule has 1 aromatic rings. The highest BCUT2D eigenvalue weighted by atomic mass is 16.3. The van der Waals surface area contributed by atoms with Crippen LogP contribution in [0.4, 0.5) is 4.79 Å². The normalized spacial score (nSPS) is 23.8. The van der Waals surface area contributed by atoms with Crippen LogP contribution < -0.4 is 5.32 Å². The third-order valence-electron chi connectivity index (χ3n) is 6.27. The number of carbonyl (C=O) groups is 2. The number of nitrogens with one attached hydrogen (secondary N) is 1. The standard InChI is InChI=1S/C21H29N3O3/c25-18(14-23-12-9-16-7-3-4-8-17(16)13-23)15-24-19(26)21(22-20(24)27)10-5-1-2-6-11-21/h3-4,7-8,18,25H,1-2,5-6,9-15H2,(H,22,27)/t18-/m0/s1. The van der Waals surface area contributed by atoms with Crippen molar-refractivity contribution in [2.45, 2.75) is 63.1 Å². The zero-order valence-corrected chi connectivity index (χ0v) is 15.8. The molecule has 0 radical (unpaired) electrons. The molecule has 0 bridgehead atoms. The molecule has 6 heteroatoms. The molecule has 3 aliphatic rings. The van der Waals surface area contributed by atoms with Crippen LogP contribution in [0.1, 0.15) is 49.7 Å². The number of hydrogen-bond donors (Lipinski definition) is 2. The van der Waals surface area contributed by atoms with E-state index in [4.69, 9.17) is 0 Å². The van der Waals surface area contributed by atoms with Gasteiger partial charge in [0.1, 0.15) is 5.54 Å². The Morgan fingerprint density at radius 1 is 1.04 bits per heavy atom. The van der Waals surface area contributed by atoms with Gasteiger partial charge in [0, 0.05) is 19.6 Å². The van der Waals surface area contributed by atoms with E-state index in [9.17, 15) is 14.7 Å². The van der Waals surface area contributed by atoms with Crippen molar-refractivity contribution in [3.63, 3.8) is 0 Å². The third kappa shape index (κ3) is 3.73. The number of imide groups is 1. The molecule has 2 aliphatic heterocycles. The van der Waals surface area contributed by atoms with Crippen LogP contribution in [0.25, 0.3) is 0 Å². The lowest BCUT2D eigenvalue weighted by Crippen LogP contribution is -2.47. The summed E-state index contributed by atoms with van der Waals surface area (Å²) < 4.78 is 0. The summed E-state index contributed by atoms with van der Waals surface area (Å²) >= 11 is 0. The van der Waals surface area contributed by atoms with Crippen LogP contribution in [0.2, 0.25) is 0 Å². The Kier molecular flexibility index (Phi) is 5.19. The Morgan fingerprint density at radius 3 is 2.48 bits per heavy atom. The molecule has 3 amide bonds. The van der Waals surface area contributed by atoms with E-state index in [1.807, 2.05) is 6.07 Å². The topological polar surface area (TPSA) is 72.9 Å². The largest absolute Gasteiger partial charge is 0.390 e. The molecule has 2 fully saturated rings. The van der Waals surface area contributed by atoms with Crippen LogP contribution in [-0.4, -0.2) is 58.1 Å². The van der Waals surface area contributed by atoms with Gasteiger partial charge in [0.15, 0.2) is 0 Å². The van der Waals surface area contributed by atoms with Gasteiger partial charge in [0.25, 0.3) is 5.91 Å². The highest BCUT2D eigenvalue weighted by Gasteiger charge is 2.50. The minimum Gasteiger partial charge on any atom is -0.390 e. The summed E-state index contributed by atoms with van der Waals surface area (Å²) in [7, 11) is 0. The van der Waals surface area contributed by atoms with Gasteiger partial charge in [-0.1, -0.05) is 49.9 Å². The van der Waals surface area contributed by atoms with E-state index in [0.29, 0.717) is 19.4 Å². The number of nitrogens with zero attached hydrogens (tertiary/aromatic N) is 2. The number of β-amino-alcohol motifs (C(OH)–C–C–N with tert-alkyl or cyclic N) is 1. The summed E-state index contributed by atoms with van der Waals surface area (Å²) in [5.41, 5.74) is 1.94. The lowest BCUT2D eigenvalue weighted by Gasteiger charge is -2.31. The van der Waals surface area contributed by atoms with Crippen molar-refractivity contribution >= 4 is 11.9 Å². The maximum absolute atomic E-state index is 13.0. The van der Waals surface area contributed by atoms with Gasteiger partial charge < -0.3 is 10.4 Å². The number of carbonyl (C=O) groups excluding carboxylic acids is 2. The van der Waals surface area contributed by atoms with Crippen LogP contribution in [-0.2, 0) is 17.8 Å². The van der Waals surface area contributed by atoms with Gasteiger partial charge in [-0.3, -0.25) is 14.6 Å². The van der Waals surface area contributed by atoms with Crippen molar-refractivity contribution in [2.75, 3.05) is 19.6 Å². The molecule has 0 unspecified atom stereocenters. The van der Waals surface area contributed by atoms with Gasteiger partial charge in [-0.15, -0.1) is 0 Å². The molecule has 27 heavy (non-hydrogen) atoms. The van der Waals surface area contributed by atoms with E-state index in [1.54, 1.807) is 0 Å².